The molecule has 0 unspecified atom stereocenters. The van der Waals surface area contributed by atoms with Crippen molar-refractivity contribution in [2.24, 2.45) is 5.11 Å². The number of nitrogens with zero attached hydrogens (tertiary/aromatic N) is 5. The lowest BCUT2D eigenvalue weighted by Crippen LogP contribution is -2.64. The minimum atomic E-state index is -2.55. The van der Waals surface area contributed by atoms with Crippen LogP contribution >= 0.6 is 0 Å². The van der Waals surface area contributed by atoms with Gasteiger partial charge in [0.2, 0.25) is 11.8 Å². The Labute approximate surface area is 211 Å². The number of aromatic nitrogens is 3. The van der Waals surface area contributed by atoms with Crippen molar-refractivity contribution in [1.82, 2.24) is 19.5 Å². The van der Waals surface area contributed by atoms with Crippen LogP contribution in [0.5, 0.6) is 5.88 Å². The maximum Gasteiger partial charge on any atom is 0.255 e. The Morgan fingerprint density at radius 2 is 2.14 bits per heavy atom. The number of ether oxygens (including phenoxy) is 2. The average molecular weight is 519 g/mol. The highest BCUT2D eigenvalue weighted by atomic mass is 19.3. The number of piperidine rings is 1. The molecule has 2 aliphatic heterocycles. The zero-order valence-electron chi connectivity index (χ0n) is 20.5. The lowest BCUT2D eigenvalue weighted by Gasteiger charge is -2.50. The van der Waals surface area contributed by atoms with Crippen molar-refractivity contribution in [3.05, 3.63) is 30.5 Å². The molecular formula is C24H29F3N8O2. The minimum absolute atomic E-state index is 0.0999. The Balaban J connectivity index is 1.39. The summed E-state index contributed by atoms with van der Waals surface area (Å²) < 4.78 is 53.1. The summed E-state index contributed by atoms with van der Waals surface area (Å²) in [4.78, 5) is 6.63. The van der Waals surface area contributed by atoms with Crippen LogP contribution in [-0.4, -0.2) is 83.6 Å². The molecule has 1 aromatic carbocycles. The summed E-state index contributed by atoms with van der Waals surface area (Å²) in [6.45, 7) is 3.83. The van der Waals surface area contributed by atoms with E-state index in [2.05, 4.69) is 37.7 Å². The van der Waals surface area contributed by atoms with Crippen LogP contribution in [0.2, 0.25) is 0 Å². The van der Waals surface area contributed by atoms with Gasteiger partial charge >= 0.3 is 0 Å². The molecule has 0 aliphatic carbocycles. The second-order valence-corrected chi connectivity index (χ2v) is 9.57. The van der Waals surface area contributed by atoms with Gasteiger partial charge in [0.25, 0.3) is 6.43 Å². The van der Waals surface area contributed by atoms with E-state index in [4.69, 9.17) is 15.0 Å². The Morgan fingerprint density at radius 3 is 2.78 bits per heavy atom. The van der Waals surface area contributed by atoms with Gasteiger partial charge in [0.05, 0.1) is 44.1 Å². The van der Waals surface area contributed by atoms with E-state index in [-0.39, 0.29) is 23.1 Å². The summed E-state index contributed by atoms with van der Waals surface area (Å²) in [5.74, 6) is 0.522. The molecule has 0 bridgehead atoms. The van der Waals surface area contributed by atoms with Crippen molar-refractivity contribution in [2.75, 3.05) is 50.6 Å². The molecule has 2 aliphatic rings. The molecule has 0 amide bonds. The largest absolute Gasteiger partial charge is 0.479 e. The number of hydrogen-bond acceptors (Lipinski definition) is 9. The number of hydrogen-bond donors (Lipinski definition) is 3. The number of rotatable bonds is 9. The number of nitrogens with one attached hydrogen (secondary N) is 3. The number of alkyl halides is 3. The first kappa shape index (κ1) is 25.2. The van der Waals surface area contributed by atoms with Crippen molar-refractivity contribution in [2.45, 2.75) is 37.5 Å². The lowest BCUT2D eigenvalue weighted by molar-refractivity contribution is -0.142. The molecule has 198 valence electrons. The van der Waals surface area contributed by atoms with Crippen molar-refractivity contribution in [1.29, 1.82) is 5.53 Å². The van der Waals surface area contributed by atoms with Crippen LogP contribution in [-0.2, 0) is 4.74 Å². The van der Waals surface area contributed by atoms with E-state index in [9.17, 15) is 8.78 Å². The number of anilines is 2. The molecule has 2 aromatic heterocycles. The van der Waals surface area contributed by atoms with E-state index in [0.717, 1.165) is 6.54 Å². The van der Waals surface area contributed by atoms with E-state index in [0.29, 0.717) is 48.5 Å². The summed E-state index contributed by atoms with van der Waals surface area (Å²) in [5, 5.41) is 13.7. The van der Waals surface area contributed by atoms with E-state index < -0.39 is 25.2 Å². The molecule has 2 saturated heterocycles. The van der Waals surface area contributed by atoms with Crippen LogP contribution in [0.25, 0.3) is 16.6 Å². The highest BCUT2D eigenvalue weighted by molar-refractivity contribution is 5.87. The number of likely N-dealkylation sites (tertiary alicyclic amines) is 1. The number of halogens is 3. The maximum absolute atomic E-state index is 15.1. The highest BCUT2D eigenvalue weighted by Gasteiger charge is 2.43. The summed E-state index contributed by atoms with van der Waals surface area (Å²) in [5.41, 5.74) is 9.72. The molecule has 2 fully saturated rings. The molecule has 0 radical (unpaired) electrons. The van der Waals surface area contributed by atoms with Crippen LogP contribution in [0.1, 0.15) is 13.3 Å². The zero-order valence-corrected chi connectivity index (χ0v) is 20.5. The second-order valence-electron chi connectivity index (χ2n) is 9.57. The molecular weight excluding hydrogens is 489 g/mol. The zero-order chi connectivity index (χ0) is 26.2. The van der Waals surface area contributed by atoms with Crippen molar-refractivity contribution in [3.8, 4) is 17.0 Å². The molecule has 2 atom stereocenters. The van der Waals surface area contributed by atoms with E-state index in [1.54, 1.807) is 35.0 Å². The molecule has 0 saturated carbocycles. The first-order chi connectivity index (χ1) is 17.8. The van der Waals surface area contributed by atoms with Crippen molar-refractivity contribution in [3.63, 3.8) is 0 Å². The molecule has 10 nitrogen and oxygen atoms in total. The van der Waals surface area contributed by atoms with Crippen LogP contribution in [0, 0.1) is 5.53 Å². The van der Waals surface area contributed by atoms with E-state index in [1.807, 2.05) is 0 Å². The SMILES string of the molecule is COc1nc(N[C@H]2CCN(C3(C)COC3)C[C@H]2F)nn2ccc(-c3ccc(N=N)c(NCC(F)F)c3)c12. The lowest BCUT2D eigenvalue weighted by atomic mass is 9.92. The minimum Gasteiger partial charge on any atom is -0.479 e. The Kier molecular flexibility index (Phi) is 6.90. The van der Waals surface area contributed by atoms with Gasteiger partial charge in [-0.05, 0) is 37.1 Å². The van der Waals surface area contributed by atoms with Crippen molar-refractivity contribution < 1.29 is 22.6 Å². The maximum atomic E-state index is 15.1. The number of fused-ring (bicyclic) bond motifs is 1. The molecule has 0 spiro atoms. The Hall–Kier alpha value is -3.45. The molecule has 3 aromatic rings. The van der Waals surface area contributed by atoms with E-state index in [1.165, 1.54) is 7.11 Å². The first-order valence-electron chi connectivity index (χ1n) is 12.0. The molecule has 4 heterocycles. The predicted molar refractivity (Wildman–Crippen MR) is 132 cm³/mol. The Morgan fingerprint density at radius 1 is 1.32 bits per heavy atom. The van der Waals surface area contributed by atoms with Gasteiger partial charge in [0.1, 0.15) is 17.4 Å². The summed E-state index contributed by atoms with van der Waals surface area (Å²) >= 11 is 0. The number of methoxy groups -OCH3 is 1. The monoisotopic (exact) mass is 518 g/mol. The van der Waals surface area contributed by atoms with Gasteiger partial charge in [-0.2, -0.15) is 10.1 Å². The fraction of sp³-hybridized carbons (Fsp3) is 0.500. The predicted octanol–water partition coefficient (Wildman–Crippen LogP) is 4.36. The van der Waals surface area contributed by atoms with Gasteiger partial charge < -0.3 is 20.1 Å². The molecule has 3 N–H and O–H groups in total. The average Bonchev–Trinajstić information content (AvgIpc) is 3.30. The molecule has 13 heteroatoms. The van der Waals surface area contributed by atoms with Crippen LogP contribution in [0.3, 0.4) is 0 Å². The van der Waals surface area contributed by atoms with Crippen molar-refractivity contribution >= 4 is 22.8 Å². The first-order valence-corrected chi connectivity index (χ1v) is 12.0. The Bertz CT molecular complexity index is 1280. The molecule has 5 rings (SSSR count). The van der Waals surface area contributed by atoms with Gasteiger partial charge in [-0.3, -0.25) is 4.90 Å². The standard InChI is InChI=1S/C24H29F3N8O2/c1-24(12-37-13-24)34-7-6-17(16(25)11-34)30-23-31-22(36-2)21-15(5-8-35(21)33-23)14-3-4-18(32-28)19(9-14)29-10-20(26)27/h3-5,8-9,16-17,20,28-29H,6-7,10-13H2,1-2H3,(H,30,33)/t16-,17+/m1/s1. The third kappa shape index (κ3) is 4.92. The topological polar surface area (TPSA) is 112 Å². The van der Waals surface area contributed by atoms with Gasteiger partial charge in [0.15, 0.2) is 0 Å². The summed E-state index contributed by atoms with van der Waals surface area (Å²) in [7, 11) is 1.48. The van der Waals surface area contributed by atoms with Crippen LogP contribution < -0.4 is 15.4 Å². The van der Waals surface area contributed by atoms with Crippen LogP contribution in [0.15, 0.2) is 35.6 Å². The number of benzene rings is 1. The molecule has 37 heavy (non-hydrogen) atoms. The van der Waals surface area contributed by atoms with E-state index >= 15 is 4.39 Å². The third-order valence-corrected chi connectivity index (χ3v) is 6.99. The van der Waals surface area contributed by atoms with Gasteiger partial charge in [-0.25, -0.2) is 23.2 Å². The van der Waals surface area contributed by atoms with Crippen LogP contribution in [0.4, 0.5) is 30.5 Å². The highest BCUT2D eigenvalue weighted by Crippen LogP contribution is 2.36. The van der Waals surface area contributed by atoms with Gasteiger partial charge in [0, 0.05) is 24.8 Å². The quantitative estimate of drug-likeness (QED) is 0.361. The fourth-order valence-electron chi connectivity index (χ4n) is 4.86. The second kappa shape index (κ2) is 10.1. The summed E-state index contributed by atoms with van der Waals surface area (Å²) in [6, 6.07) is 6.32. The smallest absolute Gasteiger partial charge is 0.255 e. The van der Waals surface area contributed by atoms with Gasteiger partial charge in [-0.15, -0.1) is 5.10 Å². The summed E-state index contributed by atoms with van der Waals surface area (Å²) in [6.07, 6.45) is -1.33. The third-order valence-electron chi connectivity index (χ3n) is 6.99. The normalized spacial score (nSPS) is 21.6. The van der Waals surface area contributed by atoms with Gasteiger partial charge in [-0.1, -0.05) is 6.07 Å². The fourth-order valence-corrected chi connectivity index (χ4v) is 4.86.